The minimum Gasteiger partial charge on any atom is -0.379 e. The number of amides is 1. The van der Waals surface area contributed by atoms with Crippen molar-refractivity contribution >= 4 is 15.9 Å². The van der Waals surface area contributed by atoms with E-state index in [9.17, 15) is 13.2 Å². The highest BCUT2D eigenvalue weighted by Gasteiger charge is 2.25. The third-order valence-corrected chi connectivity index (χ3v) is 6.16. The molecule has 1 amide bonds. The molecule has 1 aliphatic rings. The number of nitrogens with one attached hydrogen (secondary N) is 1. The molecule has 6 nitrogen and oxygen atoms in total. The Kier molecular flexibility index (Phi) is 6.77. The second-order valence-corrected chi connectivity index (χ2v) is 8.03. The van der Waals surface area contributed by atoms with Gasteiger partial charge in [-0.15, -0.1) is 0 Å². The lowest BCUT2D eigenvalue weighted by Crippen LogP contribution is -2.41. The number of benzene rings is 1. The van der Waals surface area contributed by atoms with E-state index >= 15 is 0 Å². The monoisotopic (exact) mass is 354 g/mol. The predicted octanol–water partition coefficient (Wildman–Crippen LogP) is 1.51. The van der Waals surface area contributed by atoms with Crippen LogP contribution in [-0.4, -0.2) is 44.9 Å². The zero-order valence-electron chi connectivity index (χ0n) is 14.3. The van der Waals surface area contributed by atoms with Crippen LogP contribution in [0.3, 0.4) is 0 Å². The summed E-state index contributed by atoms with van der Waals surface area (Å²) in [5, 5.41) is 2.89. The molecule has 1 aliphatic heterocycles. The Morgan fingerprint density at radius 1 is 1.25 bits per heavy atom. The van der Waals surface area contributed by atoms with Crippen LogP contribution >= 0.6 is 0 Å². The maximum absolute atomic E-state index is 12.6. The third-order valence-electron chi connectivity index (χ3n) is 4.33. The molecule has 1 atom stereocenters. The molecule has 0 aromatic heterocycles. The fourth-order valence-electron chi connectivity index (χ4n) is 2.53. The van der Waals surface area contributed by atoms with Gasteiger partial charge in [-0.05, 0) is 17.5 Å². The van der Waals surface area contributed by atoms with Gasteiger partial charge in [-0.3, -0.25) is 4.79 Å². The molecule has 1 N–H and O–H groups in total. The molecule has 1 aromatic rings. The van der Waals surface area contributed by atoms with Crippen molar-refractivity contribution in [3.8, 4) is 0 Å². The van der Waals surface area contributed by atoms with Gasteiger partial charge < -0.3 is 10.1 Å². The summed E-state index contributed by atoms with van der Waals surface area (Å²) >= 11 is 0. The second kappa shape index (κ2) is 8.60. The molecule has 0 spiro atoms. The van der Waals surface area contributed by atoms with Gasteiger partial charge in [0.15, 0.2) is 0 Å². The number of hydrogen-bond donors (Lipinski definition) is 1. The Balaban J connectivity index is 2.06. The molecule has 0 aliphatic carbocycles. The molecular weight excluding hydrogens is 328 g/mol. The first kappa shape index (κ1) is 18.9. The molecule has 1 aromatic carbocycles. The van der Waals surface area contributed by atoms with Gasteiger partial charge in [0.05, 0.1) is 19.0 Å². The van der Waals surface area contributed by atoms with Crippen LogP contribution in [0.1, 0.15) is 31.4 Å². The lowest BCUT2D eigenvalue weighted by molar-refractivity contribution is -0.124. The average molecular weight is 354 g/mol. The molecule has 7 heteroatoms. The number of ether oxygens (including phenoxy) is 1. The molecular formula is C17H26N2O4S. The fourth-order valence-corrected chi connectivity index (χ4v) is 4.09. The summed E-state index contributed by atoms with van der Waals surface area (Å²) in [6, 6.07) is 7.35. The number of morpholine rings is 1. The molecule has 0 radical (unpaired) electrons. The fraction of sp³-hybridized carbons (Fsp3) is 0.588. The molecule has 0 saturated carbocycles. The summed E-state index contributed by atoms with van der Waals surface area (Å²) in [5.41, 5.74) is 1.57. The van der Waals surface area contributed by atoms with Crippen LogP contribution in [0.5, 0.6) is 0 Å². The van der Waals surface area contributed by atoms with Crippen LogP contribution in [0.4, 0.5) is 0 Å². The van der Waals surface area contributed by atoms with Gasteiger partial charge in [0.1, 0.15) is 0 Å². The lowest BCUT2D eigenvalue weighted by atomic mass is 10.1. The Morgan fingerprint density at radius 3 is 2.50 bits per heavy atom. The van der Waals surface area contributed by atoms with Crippen molar-refractivity contribution in [2.45, 2.75) is 32.6 Å². The first-order valence-electron chi connectivity index (χ1n) is 8.34. The van der Waals surface area contributed by atoms with Crippen LogP contribution in [0.15, 0.2) is 24.3 Å². The summed E-state index contributed by atoms with van der Waals surface area (Å²) in [6.45, 7) is 5.86. The first-order chi connectivity index (χ1) is 11.4. The Hall–Kier alpha value is -1.44. The van der Waals surface area contributed by atoms with Crippen molar-refractivity contribution < 1.29 is 17.9 Å². The minimum absolute atomic E-state index is 0.0108. The van der Waals surface area contributed by atoms with Gasteiger partial charge in [-0.1, -0.05) is 38.1 Å². The zero-order valence-corrected chi connectivity index (χ0v) is 15.1. The standard InChI is InChI=1S/C17H26N2O4S/c1-3-14(2)17(20)18-12-15-6-4-5-7-16(15)13-24(21,22)19-8-10-23-11-9-19/h4-7,14H,3,8-13H2,1-2H3,(H,18,20)/t14-/m1/s1. The SMILES string of the molecule is CC[C@@H](C)C(=O)NCc1ccccc1CS(=O)(=O)N1CCOCC1. The van der Waals surface area contributed by atoms with E-state index in [4.69, 9.17) is 4.74 Å². The molecule has 1 saturated heterocycles. The normalized spacial score (nSPS) is 17.4. The summed E-state index contributed by atoms with van der Waals surface area (Å²) in [4.78, 5) is 11.9. The van der Waals surface area contributed by atoms with Gasteiger partial charge in [0.2, 0.25) is 15.9 Å². The van der Waals surface area contributed by atoms with Gasteiger partial charge in [0.25, 0.3) is 0 Å². The topological polar surface area (TPSA) is 75.7 Å². The molecule has 134 valence electrons. The number of rotatable bonds is 7. The molecule has 1 fully saturated rings. The van der Waals surface area contributed by atoms with Gasteiger partial charge in [0, 0.05) is 25.6 Å². The molecule has 2 rings (SSSR count). The van der Waals surface area contributed by atoms with Crippen molar-refractivity contribution in [3.05, 3.63) is 35.4 Å². The number of carbonyl (C=O) groups excluding carboxylic acids is 1. The highest BCUT2D eigenvalue weighted by atomic mass is 32.2. The number of hydrogen-bond acceptors (Lipinski definition) is 4. The molecule has 0 unspecified atom stereocenters. The Bertz CT molecular complexity index is 654. The predicted molar refractivity (Wildman–Crippen MR) is 92.8 cm³/mol. The van der Waals surface area contributed by atoms with Gasteiger partial charge >= 0.3 is 0 Å². The Labute approximate surface area is 144 Å². The maximum Gasteiger partial charge on any atom is 0.223 e. The number of carbonyl (C=O) groups is 1. The van der Waals surface area contributed by atoms with Crippen LogP contribution in [-0.2, 0) is 31.9 Å². The molecule has 1 heterocycles. The van der Waals surface area contributed by atoms with Crippen molar-refractivity contribution in [2.24, 2.45) is 5.92 Å². The maximum atomic E-state index is 12.6. The van der Waals surface area contributed by atoms with Crippen LogP contribution in [0.2, 0.25) is 0 Å². The summed E-state index contributed by atoms with van der Waals surface area (Å²) in [7, 11) is -3.38. The van der Waals surface area contributed by atoms with Crippen molar-refractivity contribution in [1.82, 2.24) is 9.62 Å². The quantitative estimate of drug-likeness (QED) is 0.805. The lowest BCUT2D eigenvalue weighted by Gasteiger charge is -2.26. The van der Waals surface area contributed by atoms with Crippen molar-refractivity contribution in [2.75, 3.05) is 26.3 Å². The van der Waals surface area contributed by atoms with E-state index in [1.54, 1.807) is 0 Å². The first-order valence-corrected chi connectivity index (χ1v) is 9.95. The molecule has 0 bridgehead atoms. The smallest absolute Gasteiger partial charge is 0.223 e. The van der Waals surface area contributed by atoms with Crippen LogP contribution in [0, 0.1) is 5.92 Å². The minimum atomic E-state index is -3.38. The number of nitrogens with zero attached hydrogens (tertiary/aromatic N) is 1. The van der Waals surface area contributed by atoms with Crippen LogP contribution < -0.4 is 5.32 Å². The highest BCUT2D eigenvalue weighted by Crippen LogP contribution is 2.17. The number of sulfonamides is 1. The molecule has 24 heavy (non-hydrogen) atoms. The van der Waals surface area contributed by atoms with Gasteiger partial charge in [-0.25, -0.2) is 8.42 Å². The van der Waals surface area contributed by atoms with Crippen LogP contribution in [0.25, 0.3) is 0 Å². The van der Waals surface area contributed by atoms with E-state index in [0.717, 1.165) is 17.5 Å². The van der Waals surface area contributed by atoms with E-state index in [1.807, 2.05) is 38.1 Å². The second-order valence-electron chi connectivity index (χ2n) is 6.06. The Morgan fingerprint density at radius 2 is 1.88 bits per heavy atom. The third kappa shape index (κ3) is 5.03. The summed E-state index contributed by atoms with van der Waals surface area (Å²) in [5.74, 6) is -0.111. The van der Waals surface area contributed by atoms with E-state index in [-0.39, 0.29) is 17.6 Å². The highest BCUT2D eigenvalue weighted by molar-refractivity contribution is 7.88. The average Bonchev–Trinajstić information content (AvgIpc) is 2.60. The van der Waals surface area contributed by atoms with E-state index in [1.165, 1.54) is 4.31 Å². The zero-order chi connectivity index (χ0) is 17.6. The summed E-state index contributed by atoms with van der Waals surface area (Å²) < 4.78 is 31.9. The van der Waals surface area contributed by atoms with Crippen molar-refractivity contribution in [1.29, 1.82) is 0 Å². The van der Waals surface area contributed by atoms with E-state index < -0.39 is 10.0 Å². The van der Waals surface area contributed by atoms with Crippen molar-refractivity contribution in [3.63, 3.8) is 0 Å². The largest absolute Gasteiger partial charge is 0.379 e. The summed E-state index contributed by atoms with van der Waals surface area (Å²) in [6.07, 6.45) is 0.777. The van der Waals surface area contributed by atoms with Gasteiger partial charge in [-0.2, -0.15) is 4.31 Å². The van der Waals surface area contributed by atoms with E-state index in [0.29, 0.717) is 32.8 Å². The van der Waals surface area contributed by atoms with E-state index in [2.05, 4.69) is 5.32 Å².